The van der Waals surface area contributed by atoms with Gasteiger partial charge in [-0.1, -0.05) is 11.2 Å². The smallest absolute Gasteiger partial charge is 0.227 e. The lowest BCUT2D eigenvalue weighted by Gasteiger charge is -2.18. The van der Waals surface area contributed by atoms with E-state index in [1.807, 2.05) is 0 Å². The van der Waals surface area contributed by atoms with Gasteiger partial charge in [0.25, 0.3) is 0 Å². The van der Waals surface area contributed by atoms with Crippen LogP contribution >= 0.6 is 11.3 Å². The Morgan fingerprint density at radius 1 is 1.33 bits per heavy atom. The van der Waals surface area contributed by atoms with Crippen LogP contribution in [0.2, 0.25) is 0 Å². The second-order valence-electron chi connectivity index (χ2n) is 4.65. The van der Waals surface area contributed by atoms with Crippen LogP contribution in [-0.2, 0) is 12.8 Å². The van der Waals surface area contributed by atoms with Crippen LogP contribution in [0, 0.1) is 0 Å². The highest BCUT2D eigenvalue weighted by Crippen LogP contribution is 2.22. The monoisotopic (exact) mass is 263 g/mol. The number of hydrogen-bond donors (Lipinski definition) is 1. The third-order valence-electron chi connectivity index (χ3n) is 3.35. The standard InChI is InChI=1S/C13H17N3OS/c1-2-11(18-9-1)3-4-12-15-13(16-17-12)10-5-7-14-8-6-10/h1-2,9-10,14H,3-8H2. The molecule has 0 amide bonds. The number of aromatic nitrogens is 2. The maximum atomic E-state index is 5.34. The van der Waals surface area contributed by atoms with Crippen LogP contribution in [0.15, 0.2) is 22.0 Å². The van der Waals surface area contributed by atoms with Crippen molar-refractivity contribution in [3.8, 4) is 0 Å². The highest BCUT2D eigenvalue weighted by Gasteiger charge is 2.20. The number of piperidine rings is 1. The van der Waals surface area contributed by atoms with Crippen molar-refractivity contribution in [2.24, 2.45) is 0 Å². The first kappa shape index (κ1) is 11.9. The largest absolute Gasteiger partial charge is 0.339 e. The average Bonchev–Trinajstić information content (AvgIpc) is 3.09. The Kier molecular flexibility index (Phi) is 3.71. The Labute approximate surface area is 110 Å². The maximum absolute atomic E-state index is 5.34. The van der Waals surface area contributed by atoms with E-state index in [2.05, 4.69) is 33.0 Å². The minimum Gasteiger partial charge on any atom is -0.339 e. The number of nitrogens with zero attached hydrogens (tertiary/aromatic N) is 2. The molecule has 1 saturated heterocycles. The molecular formula is C13H17N3OS. The topological polar surface area (TPSA) is 51.0 Å². The molecule has 1 aliphatic rings. The van der Waals surface area contributed by atoms with Gasteiger partial charge in [-0.15, -0.1) is 11.3 Å². The second-order valence-corrected chi connectivity index (χ2v) is 5.68. The molecule has 1 fully saturated rings. The molecule has 0 aliphatic carbocycles. The van der Waals surface area contributed by atoms with Gasteiger partial charge in [-0.05, 0) is 43.8 Å². The molecule has 1 N–H and O–H groups in total. The summed E-state index contributed by atoms with van der Waals surface area (Å²) in [6, 6.07) is 4.23. The molecule has 3 heterocycles. The van der Waals surface area contributed by atoms with Gasteiger partial charge in [0.05, 0.1) is 0 Å². The summed E-state index contributed by atoms with van der Waals surface area (Å²) in [5, 5.41) is 9.58. The van der Waals surface area contributed by atoms with Crippen molar-refractivity contribution in [2.75, 3.05) is 13.1 Å². The number of aryl methyl sites for hydroxylation is 2. The molecule has 0 saturated carbocycles. The maximum Gasteiger partial charge on any atom is 0.227 e. The summed E-state index contributed by atoms with van der Waals surface area (Å²) in [4.78, 5) is 5.90. The van der Waals surface area contributed by atoms with E-state index in [-0.39, 0.29) is 0 Å². The predicted octanol–water partition coefficient (Wildman–Crippen LogP) is 2.38. The molecule has 18 heavy (non-hydrogen) atoms. The molecule has 3 rings (SSSR count). The van der Waals surface area contributed by atoms with Gasteiger partial charge in [0, 0.05) is 17.2 Å². The van der Waals surface area contributed by atoms with Crippen molar-refractivity contribution in [1.29, 1.82) is 0 Å². The Balaban J connectivity index is 1.59. The molecule has 2 aromatic rings. The number of hydrogen-bond acceptors (Lipinski definition) is 5. The molecule has 1 aliphatic heterocycles. The Morgan fingerprint density at radius 3 is 3.00 bits per heavy atom. The fourth-order valence-corrected chi connectivity index (χ4v) is 3.01. The summed E-state index contributed by atoms with van der Waals surface area (Å²) in [7, 11) is 0. The third kappa shape index (κ3) is 2.79. The lowest BCUT2D eigenvalue weighted by Crippen LogP contribution is -2.27. The van der Waals surface area contributed by atoms with Crippen molar-refractivity contribution >= 4 is 11.3 Å². The van der Waals surface area contributed by atoms with Crippen LogP contribution in [0.25, 0.3) is 0 Å². The Hall–Kier alpha value is -1.20. The first-order valence-electron chi connectivity index (χ1n) is 6.47. The number of rotatable bonds is 4. The highest BCUT2D eigenvalue weighted by molar-refractivity contribution is 7.09. The van der Waals surface area contributed by atoms with E-state index < -0.39 is 0 Å². The quantitative estimate of drug-likeness (QED) is 0.920. The predicted molar refractivity (Wildman–Crippen MR) is 70.9 cm³/mol. The zero-order valence-corrected chi connectivity index (χ0v) is 11.1. The molecule has 0 aromatic carbocycles. The van der Waals surface area contributed by atoms with Crippen LogP contribution < -0.4 is 5.32 Å². The van der Waals surface area contributed by atoms with Crippen LogP contribution in [0.3, 0.4) is 0 Å². The molecule has 4 nitrogen and oxygen atoms in total. The van der Waals surface area contributed by atoms with Gasteiger partial charge in [0.1, 0.15) is 0 Å². The van der Waals surface area contributed by atoms with Crippen molar-refractivity contribution in [1.82, 2.24) is 15.5 Å². The average molecular weight is 263 g/mol. The summed E-state index contributed by atoms with van der Waals surface area (Å²) < 4.78 is 5.34. The Morgan fingerprint density at radius 2 is 2.22 bits per heavy atom. The lowest BCUT2D eigenvalue weighted by atomic mass is 9.98. The van der Waals surface area contributed by atoms with E-state index in [0.29, 0.717) is 5.92 Å². The second kappa shape index (κ2) is 5.63. The fourth-order valence-electron chi connectivity index (χ4n) is 2.30. The molecule has 96 valence electrons. The van der Waals surface area contributed by atoms with Crippen LogP contribution in [-0.4, -0.2) is 23.2 Å². The van der Waals surface area contributed by atoms with Gasteiger partial charge in [-0.3, -0.25) is 0 Å². The summed E-state index contributed by atoms with van der Waals surface area (Å²) in [5.41, 5.74) is 0. The SMILES string of the molecule is c1csc(CCc2nc(C3CCNCC3)no2)c1. The van der Waals surface area contributed by atoms with Crippen molar-refractivity contribution < 1.29 is 4.52 Å². The molecule has 0 radical (unpaired) electrons. The lowest BCUT2D eigenvalue weighted by molar-refractivity contribution is 0.361. The van der Waals surface area contributed by atoms with Crippen LogP contribution in [0.5, 0.6) is 0 Å². The van der Waals surface area contributed by atoms with E-state index in [9.17, 15) is 0 Å². The van der Waals surface area contributed by atoms with Gasteiger partial charge in [-0.2, -0.15) is 4.98 Å². The first-order valence-corrected chi connectivity index (χ1v) is 7.35. The van der Waals surface area contributed by atoms with E-state index in [0.717, 1.165) is 50.5 Å². The molecule has 0 bridgehead atoms. The first-order chi connectivity index (χ1) is 8.92. The molecule has 0 atom stereocenters. The van der Waals surface area contributed by atoms with E-state index in [4.69, 9.17) is 4.52 Å². The molecule has 5 heteroatoms. The van der Waals surface area contributed by atoms with Gasteiger partial charge in [-0.25, -0.2) is 0 Å². The minimum absolute atomic E-state index is 0.477. The normalized spacial score (nSPS) is 17.1. The van der Waals surface area contributed by atoms with Crippen LogP contribution in [0.4, 0.5) is 0 Å². The van der Waals surface area contributed by atoms with E-state index in [1.165, 1.54) is 4.88 Å². The summed E-state index contributed by atoms with van der Waals surface area (Å²) in [6.45, 7) is 2.12. The molecule has 0 spiro atoms. The van der Waals surface area contributed by atoms with E-state index >= 15 is 0 Å². The minimum atomic E-state index is 0.477. The summed E-state index contributed by atoms with van der Waals surface area (Å²) >= 11 is 1.78. The zero-order chi connectivity index (χ0) is 12.2. The number of thiophene rings is 1. The van der Waals surface area contributed by atoms with Gasteiger partial charge in [0.15, 0.2) is 5.82 Å². The summed E-state index contributed by atoms with van der Waals surface area (Å²) in [6.07, 6.45) is 4.07. The molecule has 0 unspecified atom stereocenters. The molecular weight excluding hydrogens is 246 g/mol. The van der Waals surface area contributed by atoms with Crippen molar-refractivity contribution in [3.05, 3.63) is 34.1 Å². The molecule has 2 aromatic heterocycles. The van der Waals surface area contributed by atoms with Gasteiger partial charge in [0.2, 0.25) is 5.89 Å². The summed E-state index contributed by atoms with van der Waals surface area (Å²) in [5.74, 6) is 2.15. The number of nitrogens with one attached hydrogen (secondary N) is 1. The Bertz CT molecular complexity index is 474. The van der Waals surface area contributed by atoms with Gasteiger partial charge >= 0.3 is 0 Å². The van der Waals surface area contributed by atoms with Crippen LogP contribution in [0.1, 0.15) is 35.4 Å². The third-order valence-corrected chi connectivity index (χ3v) is 4.29. The van der Waals surface area contributed by atoms with Crippen molar-refractivity contribution in [3.63, 3.8) is 0 Å². The van der Waals surface area contributed by atoms with Crippen molar-refractivity contribution in [2.45, 2.75) is 31.6 Å². The zero-order valence-electron chi connectivity index (χ0n) is 10.3. The van der Waals surface area contributed by atoms with Gasteiger partial charge < -0.3 is 9.84 Å². The van der Waals surface area contributed by atoms with E-state index in [1.54, 1.807) is 11.3 Å². The fraction of sp³-hybridized carbons (Fsp3) is 0.538. The highest BCUT2D eigenvalue weighted by atomic mass is 32.1.